The minimum atomic E-state index is -0.0303. The predicted molar refractivity (Wildman–Crippen MR) is 84.9 cm³/mol. The molecule has 0 saturated carbocycles. The summed E-state index contributed by atoms with van der Waals surface area (Å²) >= 11 is 3.70. The van der Waals surface area contributed by atoms with Crippen LogP contribution in [0.2, 0.25) is 0 Å². The monoisotopic (exact) mass is 290 g/mol. The second-order valence-electron chi connectivity index (χ2n) is 4.40. The first-order valence-corrected chi connectivity index (χ1v) is 7.82. The van der Waals surface area contributed by atoms with Gasteiger partial charge in [-0.25, -0.2) is 0 Å². The van der Waals surface area contributed by atoms with Gasteiger partial charge in [0, 0.05) is 16.9 Å². The van der Waals surface area contributed by atoms with Crippen molar-refractivity contribution in [1.82, 2.24) is 0 Å². The van der Waals surface area contributed by atoms with Crippen LogP contribution in [0.15, 0.2) is 70.5 Å². The van der Waals surface area contributed by atoms with E-state index in [1.807, 2.05) is 35.7 Å². The lowest BCUT2D eigenvalue weighted by atomic mass is 10.4. The average molecular weight is 290 g/mol. The largest absolute Gasteiger partial charge is 0.382 e. The minimum absolute atomic E-state index is 0.0303. The molecule has 0 saturated heterocycles. The second-order valence-corrected chi connectivity index (χ2v) is 7.81. The van der Waals surface area contributed by atoms with Crippen molar-refractivity contribution in [3.8, 4) is 0 Å². The Kier molecular flexibility index (Phi) is 5.37. The molecule has 0 bridgehead atoms. The fourth-order valence-corrected chi connectivity index (χ4v) is 4.50. The lowest BCUT2D eigenvalue weighted by molar-refractivity contribution is 0.196. The summed E-state index contributed by atoms with van der Waals surface area (Å²) < 4.78 is 5.38. The van der Waals surface area contributed by atoms with E-state index < -0.39 is 0 Å². The molecule has 0 aliphatic heterocycles. The third kappa shape index (κ3) is 4.60. The van der Waals surface area contributed by atoms with Crippen molar-refractivity contribution in [3.05, 3.63) is 60.7 Å². The molecular weight excluding hydrogens is 272 g/mol. The van der Waals surface area contributed by atoms with E-state index in [2.05, 4.69) is 55.5 Å². The maximum atomic E-state index is 5.41. The molecule has 3 heteroatoms. The Morgan fingerprint density at radius 3 is 1.63 bits per heavy atom. The zero-order valence-electron chi connectivity index (χ0n) is 11.2. The van der Waals surface area contributed by atoms with Crippen molar-refractivity contribution >= 4 is 23.5 Å². The Hall–Kier alpha value is -0.900. The number of hydrogen-bond acceptors (Lipinski definition) is 3. The summed E-state index contributed by atoms with van der Waals surface area (Å²) in [5.41, 5.74) is 0. The van der Waals surface area contributed by atoms with Gasteiger partial charge in [0.2, 0.25) is 0 Å². The van der Waals surface area contributed by atoms with Gasteiger partial charge in [0.1, 0.15) is 0 Å². The molecule has 0 aliphatic rings. The number of benzene rings is 2. The van der Waals surface area contributed by atoms with Gasteiger partial charge in [0.15, 0.2) is 0 Å². The molecule has 0 unspecified atom stereocenters. The topological polar surface area (TPSA) is 9.23 Å². The Morgan fingerprint density at radius 1 is 0.842 bits per heavy atom. The Morgan fingerprint density at radius 2 is 1.26 bits per heavy atom. The van der Waals surface area contributed by atoms with Gasteiger partial charge in [-0.2, -0.15) is 0 Å². The van der Waals surface area contributed by atoms with Crippen molar-refractivity contribution in [2.24, 2.45) is 0 Å². The van der Waals surface area contributed by atoms with Crippen LogP contribution in [0.4, 0.5) is 0 Å². The highest BCUT2D eigenvalue weighted by molar-refractivity contribution is 8.18. The minimum Gasteiger partial charge on any atom is -0.382 e. The molecule has 0 radical (unpaired) electrons. The highest BCUT2D eigenvalue weighted by atomic mass is 32.2. The fraction of sp³-hybridized carbons (Fsp3) is 0.250. The van der Waals surface area contributed by atoms with Gasteiger partial charge in [0.05, 0.1) is 10.7 Å². The third-order valence-corrected chi connectivity index (χ3v) is 5.18. The predicted octanol–water partition coefficient (Wildman–Crippen LogP) is 4.93. The van der Waals surface area contributed by atoms with Crippen LogP contribution in [0.25, 0.3) is 0 Å². The zero-order chi connectivity index (χ0) is 13.6. The lowest BCUT2D eigenvalue weighted by Crippen LogP contribution is -2.21. The summed E-state index contributed by atoms with van der Waals surface area (Å²) in [6.45, 7) is 2.93. The van der Waals surface area contributed by atoms with E-state index in [-0.39, 0.29) is 4.08 Å². The van der Waals surface area contributed by atoms with Crippen LogP contribution in [-0.4, -0.2) is 17.8 Å². The number of methoxy groups -OCH3 is 1. The molecule has 2 aromatic carbocycles. The average Bonchev–Trinajstić information content (AvgIpc) is 2.41. The molecule has 2 rings (SSSR count). The number of hydrogen-bond donors (Lipinski definition) is 0. The van der Waals surface area contributed by atoms with Gasteiger partial charge < -0.3 is 4.74 Å². The van der Waals surface area contributed by atoms with Crippen molar-refractivity contribution < 1.29 is 4.74 Å². The van der Waals surface area contributed by atoms with Crippen molar-refractivity contribution in [3.63, 3.8) is 0 Å². The normalized spacial score (nSPS) is 11.5. The maximum Gasteiger partial charge on any atom is 0.0908 e. The molecule has 2 aromatic rings. The fourth-order valence-electron chi connectivity index (χ4n) is 1.82. The van der Waals surface area contributed by atoms with Crippen LogP contribution in [0, 0.1) is 0 Å². The van der Waals surface area contributed by atoms with Crippen molar-refractivity contribution in [2.45, 2.75) is 20.8 Å². The first-order chi connectivity index (χ1) is 9.22. The lowest BCUT2D eigenvalue weighted by Gasteiger charge is -2.27. The first kappa shape index (κ1) is 14.5. The van der Waals surface area contributed by atoms with Crippen LogP contribution in [0.5, 0.6) is 0 Å². The zero-order valence-corrected chi connectivity index (χ0v) is 12.8. The summed E-state index contributed by atoms with van der Waals surface area (Å²) in [4.78, 5) is 2.54. The molecule has 19 heavy (non-hydrogen) atoms. The highest BCUT2D eigenvalue weighted by Gasteiger charge is 2.27. The first-order valence-electron chi connectivity index (χ1n) is 6.19. The molecular formula is C16H18OS2. The quantitative estimate of drug-likeness (QED) is 0.551. The highest BCUT2D eigenvalue weighted by Crippen LogP contribution is 2.45. The van der Waals surface area contributed by atoms with Crippen molar-refractivity contribution in [2.75, 3.05) is 13.7 Å². The van der Waals surface area contributed by atoms with Gasteiger partial charge in [-0.05, 0) is 31.2 Å². The number of thioether (sulfide) groups is 2. The van der Waals surface area contributed by atoms with Crippen LogP contribution in [0.3, 0.4) is 0 Å². The van der Waals surface area contributed by atoms with E-state index in [1.165, 1.54) is 9.79 Å². The summed E-state index contributed by atoms with van der Waals surface area (Å²) in [6, 6.07) is 20.9. The molecule has 1 nitrogen and oxygen atoms in total. The maximum absolute atomic E-state index is 5.41. The summed E-state index contributed by atoms with van der Waals surface area (Å²) in [7, 11) is 1.76. The van der Waals surface area contributed by atoms with E-state index >= 15 is 0 Å². The van der Waals surface area contributed by atoms with Gasteiger partial charge in [-0.3, -0.25) is 0 Å². The van der Waals surface area contributed by atoms with Crippen LogP contribution < -0.4 is 0 Å². The molecule has 0 N–H and O–H groups in total. The SMILES string of the molecule is COCC(C)(Sc1ccccc1)Sc1ccccc1. The standard InChI is InChI=1S/C16H18OS2/c1-16(13-17-2,18-14-9-5-3-6-10-14)19-15-11-7-4-8-12-15/h3-12H,13H2,1-2H3. The van der Waals surface area contributed by atoms with E-state index in [0.717, 1.165) is 0 Å². The van der Waals surface area contributed by atoms with Gasteiger partial charge in [-0.15, -0.1) is 23.5 Å². The Labute approximate surface area is 123 Å². The second kappa shape index (κ2) is 7.04. The molecule has 0 amide bonds. The van der Waals surface area contributed by atoms with E-state index in [4.69, 9.17) is 4.74 Å². The van der Waals surface area contributed by atoms with Crippen molar-refractivity contribution in [1.29, 1.82) is 0 Å². The van der Waals surface area contributed by atoms with Crippen LogP contribution >= 0.6 is 23.5 Å². The van der Waals surface area contributed by atoms with E-state index in [1.54, 1.807) is 7.11 Å². The van der Waals surface area contributed by atoms with Crippen LogP contribution in [-0.2, 0) is 4.74 Å². The molecule has 0 fully saturated rings. The third-order valence-electron chi connectivity index (χ3n) is 2.56. The molecule has 0 spiro atoms. The summed E-state index contributed by atoms with van der Waals surface area (Å²) in [5, 5.41) is 0. The Balaban J connectivity index is 2.13. The van der Waals surface area contributed by atoms with E-state index in [9.17, 15) is 0 Å². The number of ether oxygens (including phenoxy) is 1. The summed E-state index contributed by atoms with van der Waals surface area (Å²) in [6.07, 6.45) is 0. The van der Waals surface area contributed by atoms with Gasteiger partial charge in [0.25, 0.3) is 0 Å². The van der Waals surface area contributed by atoms with E-state index in [0.29, 0.717) is 6.61 Å². The Bertz CT molecular complexity index is 443. The molecule has 0 aliphatic carbocycles. The number of rotatable bonds is 6. The van der Waals surface area contributed by atoms with Gasteiger partial charge >= 0.3 is 0 Å². The van der Waals surface area contributed by atoms with Gasteiger partial charge in [-0.1, -0.05) is 36.4 Å². The molecule has 100 valence electrons. The summed E-state index contributed by atoms with van der Waals surface area (Å²) in [5.74, 6) is 0. The smallest absolute Gasteiger partial charge is 0.0908 e. The molecule has 0 aromatic heterocycles. The molecule has 0 heterocycles. The van der Waals surface area contributed by atoms with Crippen LogP contribution in [0.1, 0.15) is 6.92 Å². The molecule has 0 atom stereocenters.